The highest BCUT2D eigenvalue weighted by Crippen LogP contribution is 2.35. The first-order valence-corrected chi connectivity index (χ1v) is 5.41. The molecule has 2 aromatic rings. The molecule has 2 rings (SSSR count). The summed E-state index contributed by atoms with van der Waals surface area (Å²) in [5, 5.41) is 8.58. The number of rotatable bonds is 2. The van der Waals surface area contributed by atoms with Crippen LogP contribution in [0.15, 0.2) is 12.1 Å². The molecule has 1 heterocycles. The number of benzene rings is 1. The lowest BCUT2D eigenvalue weighted by molar-refractivity contribution is 0.416. The monoisotopic (exact) mass is 252 g/mol. The van der Waals surface area contributed by atoms with E-state index < -0.39 is 0 Å². The molecule has 6 heteroatoms. The molecular formula is C11H13ClN4O. The van der Waals surface area contributed by atoms with E-state index in [0.29, 0.717) is 22.3 Å². The fraction of sp³-hybridized carbons (Fsp3) is 0.273. The normalized spacial score (nSPS) is 10.6. The van der Waals surface area contributed by atoms with Crippen molar-refractivity contribution >= 4 is 17.3 Å². The van der Waals surface area contributed by atoms with Gasteiger partial charge in [0.25, 0.3) is 0 Å². The number of aryl methyl sites for hydroxylation is 1. The van der Waals surface area contributed by atoms with Crippen molar-refractivity contribution in [2.45, 2.75) is 6.92 Å². The number of aromatic nitrogens is 3. The Bertz CT molecular complexity index is 565. The van der Waals surface area contributed by atoms with Crippen molar-refractivity contribution in [1.29, 1.82) is 0 Å². The van der Waals surface area contributed by atoms with E-state index >= 15 is 0 Å². The van der Waals surface area contributed by atoms with E-state index in [9.17, 15) is 0 Å². The van der Waals surface area contributed by atoms with Gasteiger partial charge in [-0.3, -0.25) is 0 Å². The molecule has 0 aliphatic carbocycles. The van der Waals surface area contributed by atoms with Crippen molar-refractivity contribution in [1.82, 2.24) is 14.8 Å². The van der Waals surface area contributed by atoms with E-state index in [2.05, 4.69) is 10.2 Å². The van der Waals surface area contributed by atoms with E-state index in [1.165, 1.54) is 0 Å². The number of hydrogen-bond donors (Lipinski definition) is 1. The third-order valence-corrected chi connectivity index (χ3v) is 2.98. The van der Waals surface area contributed by atoms with Crippen molar-refractivity contribution < 1.29 is 4.74 Å². The maximum absolute atomic E-state index is 6.01. The van der Waals surface area contributed by atoms with Crippen LogP contribution in [0, 0.1) is 6.92 Å². The third-order valence-electron chi connectivity index (χ3n) is 2.65. The van der Waals surface area contributed by atoms with Crippen LogP contribution in [0.2, 0.25) is 5.02 Å². The van der Waals surface area contributed by atoms with Crippen LogP contribution in [-0.2, 0) is 7.05 Å². The molecular weight excluding hydrogens is 240 g/mol. The zero-order valence-corrected chi connectivity index (χ0v) is 10.6. The minimum absolute atomic E-state index is 0.474. The van der Waals surface area contributed by atoms with Gasteiger partial charge in [0.05, 0.1) is 23.4 Å². The zero-order chi connectivity index (χ0) is 12.6. The van der Waals surface area contributed by atoms with Gasteiger partial charge in [-0.2, -0.15) is 0 Å². The van der Waals surface area contributed by atoms with Crippen molar-refractivity contribution in [3.05, 3.63) is 23.0 Å². The van der Waals surface area contributed by atoms with Gasteiger partial charge in [-0.05, 0) is 13.0 Å². The number of nitrogens with two attached hydrogens (primary N) is 1. The first-order valence-electron chi connectivity index (χ1n) is 5.04. The molecule has 0 bridgehead atoms. The fourth-order valence-electron chi connectivity index (χ4n) is 1.55. The molecule has 0 spiro atoms. The second kappa shape index (κ2) is 4.25. The lowest BCUT2D eigenvalue weighted by atomic mass is 10.1. The van der Waals surface area contributed by atoms with Gasteiger partial charge in [-0.25, -0.2) is 0 Å². The largest absolute Gasteiger partial charge is 0.496 e. The summed E-state index contributed by atoms with van der Waals surface area (Å²) >= 11 is 6.01. The van der Waals surface area contributed by atoms with Crippen molar-refractivity contribution in [2.75, 3.05) is 12.8 Å². The minimum Gasteiger partial charge on any atom is -0.496 e. The maximum Gasteiger partial charge on any atom is 0.167 e. The summed E-state index contributed by atoms with van der Waals surface area (Å²) in [6.07, 6.45) is 0. The second-order valence-electron chi connectivity index (χ2n) is 3.70. The van der Waals surface area contributed by atoms with Gasteiger partial charge in [0.2, 0.25) is 0 Å². The van der Waals surface area contributed by atoms with Crippen LogP contribution in [-0.4, -0.2) is 21.9 Å². The molecule has 0 saturated carbocycles. The smallest absolute Gasteiger partial charge is 0.167 e. The molecule has 1 aromatic carbocycles. The van der Waals surface area contributed by atoms with Crippen LogP contribution < -0.4 is 10.5 Å². The molecule has 90 valence electrons. The SMILES string of the molecule is COc1cc(N)c(Cl)cc1-c1nnc(C)n1C. The average molecular weight is 253 g/mol. The Labute approximate surface area is 104 Å². The summed E-state index contributed by atoms with van der Waals surface area (Å²) < 4.78 is 7.15. The summed E-state index contributed by atoms with van der Waals surface area (Å²) in [6.45, 7) is 1.88. The lowest BCUT2D eigenvalue weighted by Crippen LogP contribution is -1.98. The van der Waals surface area contributed by atoms with Gasteiger partial charge >= 0.3 is 0 Å². The number of ether oxygens (including phenoxy) is 1. The van der Waals surface area contributed by atoms with Crippen LogP contribution in [0.1, 0.15) is 5.82 Å². The van der Waals surface area contributed by atoms with Gasteiger partial charge in [0.1, 0.15) is 11.6 Å². The summed E-state index contributed by atoms with van der Waals surface area (Å²) in [6, 6.07) is 3.42. The molecule has 1 aromatic heterocycles. The summed E-state index contributed by atoms with van der Waals surface area (Å²) in [7, 11) is 3.46. The van der Waals surface area contributed by atoms with Crippen molar-refractivity contribution in [3.63, 3.8) is 0 Å². The van der Waals surface area contributed by atoms with Gasteiger partial charge < -0.3 is 15.0 Å². The Hall–Kier alpha value is -1.75. The number of nitrogens with zero attached hydrogens (tertiary/aromatic N) is 3. The Morgan fingerprint density at radius 3 is 2.59 bits per heavy atom. The topological polar surface area (TPSA) is 66.0 Å². The van der Waals surface area contributed by atoms with E-state index in [-0.39, 0.29) is 0 Å². The van der Waals surface area contributed by atoms with Crippen LogP contribution in [0.25, 0.3) is 11.4 Å². The van der Waals surface area contributed by atoms with Crippen molar-refractivity contribution in [2.24, 2.45) is 7.05 Å². The minimum atomic E-state index is 0.474. The highest BCUT2D eigenvalue weighted by molar-refractivity contribution is 6.33. The van der Waals surface area contributed by atoms with Crippen LogP contribution >= 0.6 is 11.6 Å². The fourth-order valence-corrected chi connectivity index (χ4v) is 1.72. The van der Waals surface area contributed by atoms with Crippen molar-refractivity contribution in [3.8, 4) is 17.1 Å². The van der Waals surface area contributed by atoms with E-state index in [0.717, 1.165) is 11.4 Å². The first-order chi connectivity index (χ1) is 8.04. The molecule has 17 heavy (non-hydrogen) atoms. The molecule has 0 saturated heterocycles. The van der Waals surface area contributed by atoms with Gasteiger partial charge in [-0.15, -0.1) is 10.2 Å². The summed E-state index contributed by atoms with van der Waals surface area (Å²) in [5.74, 6) is 2.14. The highest BCUT2D eigenvalue weighted by Gasteiger charge is 2.15. The van der Waals surface area contributed by atoms with Gasteiger partial charge in [0, 0.05) is 13.1 Å². The second-order valence-corrected chi connectivity index (χ2v) is 4.11. The molecule has 0 unspecified atom stereocenters. The molecule has 2 N–H and O–H groups in total. The predicted molar refractivity (Wildman–Crippen MR) is 67.2 cm³/mol. The lowest BCUT2D eigenvalue weighted by Gasteiger charge is -2.10. The number of halogens is 1. The van der Waals surface area contributed by atoms with E-state index in [4.69, 9.17) is 22.1 Å². The maximum atomic E-state index is 6.01. The van der Waals surface area contributed by atoms with E-state index in [1.807, 2.05) is 18.5 Å². The number of hydrogen-bond acceptors (Lipinski definition) is 4. The number of nitrogen functional groups attached to an aromatic ring is 1. The average Bonchev–Trinajstić information content (AvgIpc) is 2.63. The molecule has 0 atom stereocenters. The molecule has 0 aliphatic rings. The molecule has 0 aliphatic heterocycles. The summed E-state index contributed by atoms with van der Waals surface area (Å²) in [5.41, 5.74) is 6.98. The van der Waals surface area contributed by atoms with Gasteiger partial charge in [-0.1, -0.05) is 11.6 Å². The predicted octanol–water partition coefficient (Wildman–Crippen LogP) is 2.03. The first kappa shape index (κ1) is 11.7. The van der Waals surface area contributed by atoms with Crippen LogP contribution in [0.4, 0.5) is 5.69 Å². The number of methoxy groups -OCH3 is 1. The number of anilines is 1. The molecule has 0 radical (unpaired) electrons. The Kier molecular flexibility index (Phi) is 2.93. The highest BCUT2D eigenvalue weighted by atomic mass is 35.5. The van der Waals surface area contributed by atoms with E-state index in [1.54, 1.807) is 19.2 Å². The standard InChI is InChI=1S/C11H13ClN4O/c1-6-14-15-11(16(6)2)7-4-8(12)9(13)5-10(7)17-3/h4-5H,13H2,1-3H3. The van der Waals surface area contributed by atoms with Crippen LogP contribution in [0.5, 0.6) is 5.75 Å². The van der Waals surface area contributed by atoms with Gasteiger partial charge in [0.15, 0.2) is 5.82 Å². The van der Waals surface area contributed by atoms with Crippen LogP contribution in [0.3, 0.4) is 0 Å². The molecule has 0 fully saturated rings. The zero-order valence-electron chi connectivity index (χ0n) is 9.86. The molecule has 0 amide bonds. The Morgan fingerprint density at radius 1 is 1.35 bits per heavy atom. The Balaban J connectivity index is 2.66. The Morgan fingerprint density at radius 2 is 2.06 bits per heavy atom. The molecule has 5 nitrogen and oxygen atoms in total. The quantitative estimate of drug-likeness (QED) is 0.831. The third kappa shape index (κ3) is 1.93. The summed E-state index contributed by atoms with van der Waals surface area (Å²) in [4.78, 5) is 0.